The van der Waals surface area contributed by atoms with Crippen LogP contribution in [0.3, 0.4) is 0 Å². The number of carbonyl (C=O) groups excluding carboxylic acids is 1. The number of hydrogen-bond donors (Lipinski definition) is 0. The van der Waals surface area contributed by atoms with Crippen LogP contribution in [0.4, 0.5) is 4.79 Å². The second-order valence-electron chi connectivity index (χ2n) is 1.33. The van der Waals surface area contributed by atoms with Crippen LogP contribution in [0.15, 0.2) is 0 Å². The van der Waals surface area contributed by atoms with Gasteiger partial charge in [-0.1, -0.05) is 0 Å². The van der Waals surface area contributed by atoms with Crippen LogP contribution in [-0.2, 0) is 18.2 Å². The molecule has 0 aliphatic rings. The van der Waals surface area contributed by atoms with Crippen molar-refractivity contribution in [1.29, 1.82) is 0 Å². The van der Waals surface area contributed by atoms with Gasteiger partial charge in [-0.3, -0.25) is 0 Å². The zero-order valence-electron chi connectivity index (χ0n) is 9.07. The molecule has 0 aliphatic carbocycles. The topological polar surface area (TPSA) is 162 Å². The molecule has 0 bridgehead atoms. The number of hydrogen-bond acceptors (Lipinski definition) is 9. The van der Waals surface area contributed by atoms with E-state index in [1.165, 1.54) is 0 Å². The molecule has 0 aromatic carbocycles. The van der Waals surface area contributed by atoms with E-state index >= 15 is 0 Å². The molecule has 9 nitrogen and oxygen atoms in total. The molecule has 16 heavy (non-hydrogen) atoms. The third kappa shape index (κ3) is 27.2. The summed E-state index contributed by atoms with van der Waals surface area (Å²) in [7, 11) is -11.4. The molecule has 0 radical (unpaired) electrons. The Balaban J connectivity index is -0.000000101. The second-order valence-corrected chi connectivity index (χ2v) is 3.48. The number of phosphoric ester groups is 2. The molecule has 0 saturated carbocycles. The summed E-state index contributed by atoms with van der Waals surface area (Å²) >= 11 is 0. The zero-order valence-corrected chi connectivity index (χ0v) is 21.1. The van der Waals surface area contributed by atoms with Crippen LogP contribution in [0.1, 0.15) is 0 Å². The first kappa shape index (κ1) is 32.7. The maximum Gasteiger partial charge on any atom is 1.00 e. The van der Waals surface area contributed by atoms with Crippen LogP contribution in [-0.4, -0.2) is 6.16 Å². The summed E-state index contributed by atoms with van der Waals surface area (Å²) in [5.41, 5.74) is 0. The van der Waals surface area contributed by atoms with Crippen LogP contribution >= 0.6 is 15.6 Å². The van der Waals surface area contributed by atoms with E-state index in [0.717, 1.165) is 0 Å². The molecular weight excluding hydrogens is 342 g/mol. The Bertz CT molecular complexity index is 245. The van der Waals surface area contributed by atoms with E-state index in [4.69, 9.17) is 0 Å². The third-order valence-corrected chi connectivity index (χ3v) is 1.12. The Hall–Kier alpha value is 4.84. The standard InChI is InChI=1S/CH4O9P2.2K.2Na/c2-1(9-11(3,4)5)10-12(6,7)8;;;;/h(H2,3,4,5)(H2,6,7,8);;;;/q;4*+1/p-4. The minimum atomic E-state index is -5.68. The Morgan fingerprint density at radius 3 is 1.12 bits per heavy atom. The molecule has 0 spiro atoms. The molecule has 15 heteroatoms. The van der Waals surface area contributed by atoms with Gasteiger partial charge in [-0.15, -0.1) is 0 Å². The zero-order chi connectivity index (χ0) is 9.99. The normalized spacial score (nSPS) is 9.25. The van der Waals surface area contributed by atoms with Crippen molar-refractivity contribution < 1.29 is 204 Å². The van der Waals surface area contributed by atoms with E-state index in [2.05, 4.69) is 9.05 Å². The van der Waals surface area contributed by atoms with Crippen molar-refractivity contribution in [2.24, 2.45) is 0 Å². The van der Waals surface area contributed by atoms with Gasteiger partial charge < -0.3 is 37.8 Å². The molecule has 0 unspecified atom stereocenters. The largest absolute Gasteiger partial charge is 1.00 e. The molecule has 0 saturated heterocycles. The summed E-state index contributed by atoms with van der Waals surface area (Å²) in [4.78, 5) is 48.2. The first-order valence-electron chi connectivity index (χ1n) is 2.07. The Morgan fingerprint density at radius 1 is 0.812 bits per heavy atom. The minimum absolute atomic E-state index is 0. The SMILES string of the molecule is O=C(OP(=O)([O-])[O-])OP(=O)([O-])[O-].[K+].[K+].[Na+].[Na+]. The first-order chi connectivity index (χ1) is 5.10. The summed E-state index contributed by atoms with van der Waals surface area (Å²) in [5.74, 6) is 0. The molecule has 0 amide bonds. The smallest absolute Gasteiger partial charge is 0.780 e. The van der Waals surface area contributed by atoms with E-state index in [9.17, 15) is 33.5 Å². The van der Waals surface area contributed by atoms with Gasteiger partial charge in [-0.25, -0.2) is 4.79 Å². The van der Waals surface area contributed by atoms with Gasteiger partial charge in [-0.2, -0.15) is 0 Å². The molecule has 0 aromatic rings. The molecule has 72 valence electrons. The third-order valence-electron chi connectivity index (χ3n) is 0.373. The fourth-order valence-electron chi connectivity index (χ4n) is 0.199. The molecular formula is CK2Na2O9P2. The van der Waals surface area contributed by atoms with Gasteiger partial charge in [-0.05, 0) is 0 Å². The quantitative estimate of drug-likeness (QED) is 0.350. The second kappa shape index (κ2) is 14.8. The maximum atomic E-state index is 9.89. The minimum Gasteiger partial charge on any atom is -0.780 e. The van der Waals surface area contributed by atoms with Gasteiger partial charge >= 0.3 is 168 Å². The van der Waals surface area contributed by atoms with Crippen LogP contribution in [0.5, 0.6) is 0 Å². The van der Waals surface area contributed by atoms with Gasteiger partial charge in [0.1, 0.15) is 15.6 Å². The number of rotatable bonds is 2. The van der Waals surface area contributed by atoms with E-state index in [0.29, 0.717) is 0 Å². The van der Waals surface area contributed by atoms with Crippen molar-refractivity contribution in [3.8, 4) is 0 Å². The molecule has 0 rings (SSSR count). The van der Waals surface area contributed by atoms with Crippen molar-refractivity contribution in [2.45, 2.75) is 0 Å². The van der Waals surface area contributed by atoms with Gasteiger partial charge in [0.2, 0.25) is 0 Å². The number of carbonyl (C=O) groups is 1. The Labute approximate surface area is 220 Å². The van der Waals surface area contributed by atoms with Gasteiger partial charge in [0.15, 0.2) is 0 Å². The maximum absolute atomic E-state index is 9.89. The van der Waals surface area contributed by atoms with E-state index in [1.807, 2.05) is 0 Å². The average molecular weight is 342 g/mol. The van der Waals surface area contributed by atoms with Crippen LogP contribution in [0.2, 0.25) is 0 Å². The van der Waals surface area contributed by atoms with Crippen molar-refractivity contribution in [3.63, 3.8) is 0 Å². The van der Waals surface area contributed by atoms with Crippen LogP contribution < -0.4 is 181 Å². The van der Waals surface area contributed by atoms with Crippen LogP contribution in [0, 0.1) is 0 Å². The Kier molecular flexibility index (Phi) is 30.2. The summed E-state index contributed by atoms with van der Waals surface area (Å²) in [5, 5.41) is 0. The van der Waals surface area contributed by atoms with Gasteiger partial charge in [0.25, 0.3) is 0 Å². The first-order valence-corrected chi connectivity index (χ1v) is 4.99. The van der Waals surface area contributed by atoms with Crippen molar-refractivity contribution in [3.05, 3.63) is 0 Å². The van der Waals surface area contributed by atoms with E-state index in [-0.39, 0.29) is 162 Å². The van der Waals surface area contributed by atoms with E-state index in [1.54, 1.807) is 0 Å². The summed E-state index contributed by atoms with van der Waals surface area (Å²) < 4.78 is 24.8. The Morgan fingerprint density at radius 2 is 1.00 bits per heavy atom. The predicted octanol–water partition coefficient (Wildman–Crippen LogP) is -15.2. The monoisotopic (exact) mass is 342 g/mol. The van der Waals surface area contributed by atoms with Crippen molar-refractivity contribution >= 4 is 21.8 Å². The van der Waals surface area contributed by atoms with Gasteiger partial charge in [0, 0.05) is 0 Å². The van der Waals surface area contributed by atoms with E-state index < -0.39 is 21.8 Å². The molecule has 0 atom stereocenters. The summed E-state index contributed by atoms with van der Waals surface area (Å²) in [6, 6.07) is 0. The molecule has 0 aromatic heterocycles. The summed E-state index contributed by atoms with van der Waals surface area (Å²) in [6.07, 6.45) is -2.39. The molecule has 0 fully saturated rings. The number of phosphoric acid groups is 2. The van der Waals surface area contributed by atoms with Gasteiger partial charge in [0.05, 0.1) is 0 Å². The van der Waals surface area contributed by atoms with Crippen LogP contribution in [0.25, 0.3) is 0 Å². The fraction of sp³-hybridized carbons (Fsp3) is 0. The molecule has 0 N–H and O–H groups in total. The van der Waals surface area contributed by atoms with Crippen molar-refractivity contribution in [1.82, 2.24) is 0 Å². The molecule has 0 aliphatic heterocycles. The predicted molar refractivity (Wildman–Crippen MR) is 22.8 cm³/mol. The molecule has 0 heterocycles. The summed E-state index contributed by atoms with van der Waals surface area (Å²) in [6.45, 7) is 0. The average Bonchev–Trinajstić information content (AvgIpc) is 1.49. The van der Waals surface area contributed by atoms with Crippen molar-refractivity contribution in [2.75, 3.05) is 0 Å². The fourth-order valence-corrected chi connectivity index (χ4v) is 0.698.